The molecule has 0 bridgehead atoms. The van der Waals surface area contributed by atoms with Crippen molar-refractivity contribution >= 4 is 21.9 Å². The molecule has 1 unspecified atom stereocenters. The number of ether oxygens (including phenoxy) is 2. The molecule has 1 heterocycles. The summed E-state index contributed by atoms with van der Waals surface area (Å²) in [5.41, 5.74) is 0. The highest BCUT2D eigenvalue weighted by Crippen LogP contribution is 2.11. The molecule has 0 aromatic carbocycles. The summed E-state index contributed by atoms with van der Waals surface area (Å²) in [5.74, 6) is -1.30. The van der Waals surface area contributed by atoms with E-state index in [1.165, 1.54) is 0 Å². The summed E-state index contributed by atoms with van der Waals surface area (Å²) in [6.07, 6.45) is 2.95. The SMILES string of the molecule is C=CCOCCCC(=O)N1CCOC(CN(CC(=O)O)S(C)(=O)=O)C1. The Morgan fingerprint density at radius 3 is 2.80 bits per heavy atom. The zero-order chi connectivity index (χ0) is 18.9. The van der Waals surface area contributed by atoms with E-state index in [9.17, 15) is 18.0 Å². The number of hydrogen-bond acceptors (Lipinski definition) is 6. The number of morpholine rings is 1. The summed E-state index contributed by atoms with van der Waals surface area (Å²) in [7, 11) is -3.68. The summed E-state index contributed by atoms with van der Waals surface area (Å²) in [4.78, 5) is 24.7. The van der Waals surface area contributed by atoms with Crippen molar-refractivity contribution in [2.75, 3.05) is 52.3 Å². The van der Waals surface area contributed by atoms with Crippen LogP contribution in [-0.4, -0.2) is 93.0 Å². The van der Waals surface area contributed by atoms with Crippen molar-refractivity contribution in [2.24, 2.45) is 0 Å². The van der Waals surface area contributed by atoms with Crippen molar-refractivity contribution < 1.29 is 32.6 Å². The third-order valence-electron chi connectivity index (χ3n) is 3.59. The van der Waals surface area contributed by atoms with Crippen molar-refractivity contribution in [1.82, 2.24) is 9.21 Å². The molecule has 10 heteroatoms. The maximum atomic E-state index is 12.2. The van der Waals surface area contributed by atoms with Crippen LogP contribution >= 0.6 is 0 Å². The van der Waals surface area contributed by atoms with Crippen LogP contribution in [0.3, 0.4) is 0 Å². The lowest BCUT2D eigenvalue weighted by molar-refractivity contribution is -0.141. The molecule has 25 heavy (non-hydrogen) atoms. The largest absolute Gasteiger partial charge is 0.480 e. The highest BCUT2D eigenvalue weighted by atomic mass is 32.2. The summed E-state index contributed by atoms with van der Waals surface area (Å²) >= 11 is 0. The number of hydrogen-bond donors (Lipinski definition) is 1. The highest BCUT2D eigenvalue weighted by molar-refractivity contribution is 7.88. The molecule has 1 amide bonds. The van der Waals surface area contributed by atoms with Gasteiger partial charge in [-0.3, -0.25) is 9.59 Å². The fourth-order valence-electron chi connectivity index (χ4n) is 2.40. The molecule has 0 saturated carbocycles. The van der Waals surface area contributed by atoms with E-state index < -0.39 is 28.6 Å². The fourth-order valence-corrected chi connectivity index (χ4v) is 3.18. The molecule has 1 atom stereocenters. The number of carbonyl (C=O) groups is 2. The van der Waals surface area contributed by atoms with Gasteiger partial charge in [-0.25, -0.2) is 8.42 Å². The van der Waals surface area contributed by atoms with Crippen LogP contribution in [0.1, 0.15) is 12.8 Å². The number of sulfonamides is 1. The second-order valence-electron chi connectivity index (χ2n) is 5.75. The normalized spacial score (nSPS) is 18.3. The first-order valence-electron chi connectivity index (χ1n) is 7.99. The lowest BCUT2D eigenvalue weighted by Gasteiger charge is -2.35. The maximum Gasteiger partial charge on any atom is 0.318 e. The quantitative estimate of drug-likeness (QED) is 0.382. The Morgan fingerprint density at radius 2 is 2.20 bits per heavy atom. The molecule has 1 rings (SSSR count). The zero-order valence-corrected chi connectivity index (χ0v) is 15.2. The van der Waals surface area contributed by atoms with Crippen LogP contribution in [0.4, 0.5) is 0 Å². The molecule has 1 fully saturated rings. The summed E-state index contributed by atoms with van der Waals surface area (Å²) in [5, 5.41) is 8.85. The number of nitrogens with zero attached hydrogens (tertiary/aromatic N) is 2. The third-order valence-corrected chi connectivity index (χ3v) is 4.81. The van der Waals surface area contributed by atoms with Crippen LogP contribution in [0.5, 0.6) is 0 Å². The molecule has 1 saturated heterocycles. The van der Waals surface area contributed by atoms with Crippen LogP contribution in [0.25, 0.3) is 0 Å². The first-order valence-corrected chi connectivity index (χ1v) is 9.83. The Bertz CT molecular complexity index is 564. The second kappa shape index (κ2) is 10.5. The molecule has 0 aromatic rings. The molecule has 1 aliphatic rings. The van der Waals surface area contributed by atoms with Crippen molar-refractivity contribution in [2.45, 2.75) is 18.9 Å². The number of carbonyl (C=O) groups excluding carboxylic acids is 1. The smallest absolute Gasteiger partial charge is 0.318 e. The Morgan fingerprint density at radius 1 is 1.48 bits per heavy atom. The fraction of sp³-hybridized carbons (Fsp3) is 0.733. The van der Waals surface area contributed by atoms with Gasteiger partial charge in [0.1, 0.15) is 6.54 Å². The summed E-state index contributed by atoms with van der Waals surface area (Å²) in [6, 6.07) is 0. The van der Waals surface area contributed by atoms with Gasteiger partial charge in [-0.15, -0.1) is 6.58 Å². The van der Waals surface area contributed by atoms with E-state index in [0.717, 1.165) is 10.6 Å². The summed E-state index contributed by atoms with van der Waals surface area (Å²) in [6.45, 7) is 4.66. The average molecular weight is 378 g/mol. The van der Waals surface area contributed by atoms with Crippen molar-refractivity contribution in [3.8, 4) is 0 Å². The highest BCUT2D eigenvalue weighted by Gasteiger charge is 2.29. The van der Waals surface area contributed by atoms with Gasteiger partial charge in [-0.1, -0.05) is 6.08 Å². The first kappa shape index (κ1) is 21.6. The van der Waals surface area contributed by atoms with E-state index in [4.69, 9.17) is 14.6 Å². The molecule has 0 radical (unpaired) electrons. The van der Waals surface area contributed by atoms with Gasteiger partial charge in [0.15, 0.2) is 0 Å². The number of carboxylic acid groups (broad SMARTS) is 1. The summed E-state index contributed by atoms with van der Waals surface area (Å²) < 4.78 is 34.9. The van der Waals surface area contributed by atoms with Crippen molar-refractivity contribution in [1.29, 1.82) is 0 Å². The van der Waals surface area contributed by atoms with Crippen LogP contribution in [0, 0.1) is 0 Å². The molecule has 9 nitrogen and oxygen atoms in total. The number of carboxylic acids is 1. The van der Waals surface area contributed by atoms with Gasteiger partial charge in [0.05, 0.1) is 25.6 Å². The number of amides is 1. The average Bonchev–Trinajstić information content (AvgIpc) is 2.53. The van der Waals surface area contributed by atoms with Crippen LogP contribution in [-0.2, 0) is 29.1 Å². The first-order chi connectivity index (χ1) is 11.7. The molecular formula is C15H26N2O7S. The minimum absolute atomic E-state index is 0.0559. The van der Waals surface area contributed by atoms with E-state index in [1.54, 1.807) is 11.0 Å². The van der Waals surface area contributed by atoms with Gasteiger partial charge in [-0.05, 0) is 6.42 Å². The molecule has 1 aliphatic heterocycles. The van der Waals surface area contributed by atoms with Gasteiger partial charge in [0.2, 0.25) is 15.9 Å². The topological polar surface area (TPSA) is 113 Å². The third kappa shape index (κ3) is 8.43. The van der Waals surface area contributed by atoms with E-state index in [0.29, 0.717) is 32.6 Å². The Balaban J connectivity index is 2.50. The predicted octanol–water partition coefficient (Wildman–Crippen LogP) is -0.457. The van der Waals surface area contributed by atoms with Gasteiger partial charge < -0.3 is 19.5 Å². The van der Waals surface area contributed by atoms with Crippen LogP contribution in [0.2, 0.25) is 0 Å². The van der Waals surface area contributed by atoms with Gasteiger partial charge in [0.25, 0.3) is 0 Å². The van der Waals surface area contributed by atoms with Crippen LogP contribution < -0.4 is 0 Å². The monoisotopic (exact) mass is 378 g/mol. The van der Waals surface area contributed by atoms with Crippen molar-refractivity contribution in [3.63, 3.8) is 0 Å². The van der Waals surface area contributed by atoms with E-state index in [2.05, 4.69) is 6.58 Å². The molecular weight excluding hydrogens is 352 g/mol. The minimum atomic E-state index is -3.68. The number of rotatable bonds is 11. The van der Waals surface area contributed by atoms with E-state index >= 15 is 0 Å². The lowest BCUT2D eigenvalue weighted by atomic mass is 10.2. The maximum absolute atomic E-state index is 12.2. The molecule has 1 N–H and O–H groups in total. The molecule has 0 spiro atoms. The minimum Gasteiger partial charge on any atom is -0.480 e. The molecule has 0 aliphatic carbocycles. The van der Waals surface area contributed by atoms with E-state index in [1.807, 2.05) is 0 Å². The Hall–Kier alpha value is -1.49. The second-order valence-corrected chi connectivity index (χ2v) is 7.73. The Kier molecular flexibility index (Phi) is 9.04. The van der Waals surface area contributed by atoms with Crippen LogP contribution in [0.15, 0.2) is 12.7 Å². The van der Waals surface area contributed by atoms with E-state index in [-0.39, 0.29) is 25.6 Å². The predicted molar refractivity (Wildman–Crippen MR) is 90.6 cm³/mol. The van der Waals surface area contributed by atoms with Gasteiger partial charge in [-0.2, -0.15) is 4.31 Å². The zero-order valence-electron chi connectivity index (χ0n) is 14.4. The van der Waals surface area contributed by atoms with Gasteiger partial charge in [0, 0.05) is 32.7 Å². The van der Waals surface area contributed by atoms with Crippen molar-refractivity contribution in [3.05, 3.63) is 12.7 Å². The lowest BCUT2D eigenvalue weighted by Crippen LogP contribution is -2.51. The van der Waals surface area contributed by atoms with Gasteiger partial charge >= 0.3 is 5.97 Å². The standard InChI is InChI=1S/C15H26N2O7S/c1-3-7-23-8-4-5-14(18)16-6-9-24-13(10-16)11-17(12-15(19)20)25(2,21)22/h3,13H,1,4-12H2,2H3,(H,19,20). The molecule has 144 valence electrons. The Labute approximate surface area is 148 Å². The number of aliphatic carboxylic acids is 1. The molecule has 0 aromatic heterocycles.